The van der Waals surface area contributed by atoms with Crippen molar-refractivity contribution in [2.24, 2.45) is 0 Å². The lowest BCUT2D eigenvalue weighted by atomic mass is 10.2. The number of hydrogen-bond donors (Lipinski definition) is 1. The van der Waals surface area contributed by atoms with Gasteiger partial charge in [0.2, 0.25) is 0 Å². The van der Waals surface area contributed by atoms with Gasteiger partial charge in [-0.1, -0.05) is 18.2 Å². The summed E-state index contributed by atoms with van der Waals surface area (Å²) in [5, 5.41) is 2.16. The van der Waals surface area contributed by atoms with Crippen LogP contribution in [0.5, 0.6) is 0 Å². The molecular formula is C18H24N2O5S2. The Hall–Kier alpha value is -1.68. The Morgan fingerprint density at radius 3 is 2.44 bits per heavy atom. The van der Waals surface area contributed by atoms with Gasteiger partial charge in [0, 0.05) is 12.6 Å². The predicted molar refractivity (Wildman–Crippen MR) is 103 cm³/mol. The molecule has 0 radical (unpaired) electrons. The van der Waals surface area contributed by atoms with Crippen molar-refractivity contribution < 1.29 is 21.3 Å². The van der Waals surface area contributed by atoms with Crippen molar-refractivity contribution in [3.63, 3.8) is 0 Å². The van der Waals surface area contributed by atoms with Crippen molar-refractivity contribution >= 4 is 19.7 Å². The standard InChI is InChI=1S/C18H24N2O5S2/c1-20(2)16(17-9-6-10-25-17)11-19-15-12-26(21,22)13-18(15)27(23,24)14-7-4-3-5-8-14/h3-10,15-16,18-19H,11-13H2,1-2H3/t15-,16?,18-/m0/s1. The van der Waals surface area contributed by atoms with Crippen molar-refractivity contribution in [1.82, 2.24) is 10.2 Å². The Morgan fingerprint density at radius 1 is 1.15 bits per heavy atom. The van der Waals surface area contributed by atoms with Crippen LogP contribution >= 0.6 is 0 Å². The zero-order valence-corrected chi connectivity index (χ0v) is 16.9. The topological polar surface area (TPSA) is 96.7 Å². The van der Waals surface area contributed by atoms with E-state index < -0.39 is 31.0 Å². The molecule has 0 saturated carbocycles. The molecule has 3 rings (SSSR count). The minimum atomic E-state index is -3.76. The summed E-state index contributed by atoms with van der Waals surface area (Å²) in [6, 6.07) is 10.8. The minimum absolute atomic E-state index is 0.136. The fourth-order valence-corrected chi connectivity index (χ4v) is 8.12. The van der Waals surface area contributed by atoms with E-state index in [1.807, 2.05) is 25.1 Å². The first-order valence-corrected chi connectivity index (χ1v) is 12.0. The molecule has 1 unspecified atom stereocenters. The van der Waals surface area contributed by atoms with Gasteiger partial charge in [-0.2, -0.15) is 0 Å². The molecule has 27 heavy (non-hydrogen) atoms. The second kappa shape index (κ2) is 7.75. The van der Waals surface area contributed by atoms with Gasteiger partial charge in [0.05, 0.1) is 34.0 Å². The SMILES string of the molecule is CN(C)C(CN[C@H]1CS(=O)(=O)C[C@@H]1S(=O)(=O)c1ccccc1)c1ccco1. The molecule has 7 nitrogen and oxygen atoms in total. The van der Waals surface area contributed by atoms with Crippen molar-refractivity contribution in [3.8, 4) is 0 Å². The highest BCUT2D eigenvalue weighted by molar-refractivity contribution is 7.96. The maximum absolute atomic E-state index is 13.0. The summed E-state index contributed by atoms with van der Waals surface area (Å²) in [4.78, 5) is 2.09. The Morgan fingerprint density at radius 2 is 1.85 bits per heavy atom. The fourth-order valence-electron chi connectivity index (χ4n) is 3.38. The van der Waals surface area contributed by atoms with E-state index >= 15 is 0 Å². The van der Waals surface area contributed by atoms with Crippen LogP contribution in [0.1, 0.15) is 11.8 Å². The van der Waals surface area contributed by atoms with Crippen LogP contribution in [0.15, 0.2) is 58.0 Å². The molecule has 0 amide bonds. The fraction of sp³-hybridized carbons (Fsp3) is 0.444. The lowest BCUT2D eigenvalue weighted by molar-refractivity contribution is 0.245. The Labute approximate surface area is 160 Å². The summed E-state index contributed by atoms with van der Waals surface area (Å²) in [5.41, 5.74) is 0. The largest absolute Gasteiger partial charge is 0.468 e. The number of hydrogen-bond acceptors (Lipinski definition) is 7. The van der Waals surface area contributed by atoms with Crippen LogP contribution in [0.25, 0.3) is 0 Å². The maximum atomic E-state index is 13.0. The number of sulfone groups is 2. The first-order valence-electron chi connectivity index (χ1n) is 8.63. The average Bonchev–Trinajstić information content (AvgIpc) is 3.23. The van der Waals surface area contributed by atoms with Crippen LogP contribution in [-0.4, -0.2) is 65.2 Å². The molecule has 0 aliphatic carbocycles. The van der Waals surface area contributed by atoms with E-state index in [4.69, 9.17) is 4.42 Å². The van der Waals surface area contributed by atoms with Gasteiger partial charge in [-0.3, -0.25) is 4.90 Å². The van der Waals surface area contributed by atoms with E-state index in [9.17, 15) is 16.8 Å². The first kappa shape index (κ1) is 20.1. The molecule has 9 heteroatoms. The normalized spacial score (nSPS) is 23.5. The molecule has 1 aliphatic heterocycles. The number of rotatable bonds is 7. The summed E-state index contributed by atoms with van der Waals surface area (Å²) in [7, 11) is -3.42. The van der Waals surface area contributed by atoms with Gasteiger partial charge in [0.25, 0.3) is 0 Å². The predicted octanol–water partition coefficient (Wildman–Crippen LogP) is 1.11. The van der Waals surface area contributed by atoms with Gasteiger partial charge in [-0.15, -0.1) is 0 Å². The Balaban J connectivity index is 1.82. The molecule has 1 saturated heterocycles. The molecule has 3 atom stereocenters. The molecule has 0 spiro atoms. The third-order valence-electron chi connectivity index (χ3n) is 4.84. The third-order valence-corrected chi connectivity index (χ3v) is 9.01. The van der Waals surface area contributed by atoms with E-state index in [1.165, 1.54) is 12.1 Å². The molecule has 1 aliphatic rings. The molecular weight excluding hydrogens is 388 g/mol. The number of nitrogens with zero attached hydrogens (tertiary/aromatic N) is 1. The maximum Gasteiger partial charge on any atom is 0.183 e. The van der Waals surface area contributed by atoms with E-state index in [0.717, 1.165) is 5.76 Å². The van der Waals surface area contributed by atoms with Crippen molar-refractivity contribution in [2.75, 3.05) is 32.1 Å². The van der Waals surface area contributed by atoms with Gasteiger partial charge in [-0.25, -0.2) is 16.8 Å². The first-order chi connectivity index (χ1) is 12.7. The van der Waals surface area contributed by atoms with Gasteiger partial charge >= 0.3 is 0 Å². The monoisotopic (exact) mass is 412 g/mol. The summed E-state index contributed by atoms with van der Waals surface area (Å²) >= 11 is 0. The molecule has 1 aromatic carbocycles. The highest BCUT2D eigenvalue weighted by Gasteiger charge is 2.45. The van der Waals surface area contributed by atoms with Crippen LogP contribution in [-0.2, 0) is 19.7 Å². The van der Waals surface area contributed by atoms with Crippen LogP contribution in [0.2, 0.25) is 0 Å². The Bertz CT molecular complexity index is 954. The van der Waals surface area contributed by atoms with Crippen LogP contribution in [0.4, 0.5) is 0 Å². The number of furan rings is 1. The highest BCUT2D eigenvalue weighted by atomic mass is 32.2. The van der Waals surface area contributed by atoms with E-state index in [0.29, 0.717) is 6.54 Å². The van der Waals surface area contributed by atoms with Gasteiger partial charge in [-0.05, 0) is 38.4 Å². The van der Waals surface area contributed by atoms with Gasteiger partial charge in [0.1, 0.15) is 5.76 Å². The van der Waals surface area contributed by atoms with Gasteiger partial charge in [0.15, 0.2) is 19.7 Å². The summed E-state index contributed by atoms with van der Waals surface area (Å²) in [5.74, 6) is 0.174. The van der Waals surface area contributed by atoms with Crippen LogP contribution in [0, 0.1) is 0 Å². The minimum Gasteiger partial charge on any atom is -0.468 e. The quantitative estimate of drug-likeness (QED) is 0.728. The van der Waals surface area contributed by atoms with Gasteiger partial charge < -0.3 is 9.73 Å². The van der Waals surface area contributed by atoms with Crippen molar-refractivity contribution in [1.29, 1.82) is 0 Å². The lowest BCUT2D eigenvalue weighted by Crippen LogP contribution is -2.46. The molecule has 2 aromatic rings. The van der Waals surface area contributed by atoms with Crippen LogP contribution < -0.4 is 5.32 Å². The number of benzene rings is 1. The number of nitrogens with one attached hydrogen (secondary N) is 1. The molecule has 1 N–H and O–H groups in total. The second-order valence-corrected chi connectivity index (χ2v) is 11.3. The Kier molecular flexibility index (Phi) is 5.76. The molecule has 1 aromatic heterocycles. The summed E-state index contributed by atoms with van der Waals surface area (Å²) < 4.78 is 55.9. The van der Waals surface area contributed by atoms with E-state index in [1.54, 1.807) is 30.5 Å². The second-order valence-electron chi connectivity index (χ2n) is 6.98. The average molecular weight is 413 g/mol. The molecule has 0 bridgehead atoms. The summed E-state index contributed by atoms with van der Waals surface area (Å²) in [6.07, 6.45) is 1.58. The lowest BCUT2D eigenvalue weighted by Gasteiger charge is -2.26. The van der Waals surface area contributed by atoms with E-state index in [2.05, 4.69) is 5.32 Å². The zero-order valence-electron chi connectivity index (χ0n) is 15.3. The zero-order chi connectivity index (χ0) is 19.7. The molecule has 2 heterocycles. The van der Waals surface area contributed by atoms with Crippen molar-refractivity contribution in [3.05, 3.63) is 54.5 Å². The van der Waals surface area contributed by atoms with E-state index in [-0.39, 0.29) is 22.4 Å². The van der Waals surface area contributed by atoms with Crippen molar-refractivity contribution in [2.45, 2.75) is 22.2 Å². The molecule has 148 valence electrons. The molecule has 1 fully saturated rings. The summed E-state index contributed by atoms with van der Waals surface area (Å²) in [6.45, 7) is 0.376. The third kappa shape index (κ3) is 4.43. The highest BCUT2D eigenvalue weighted by Crippen LogP contribution is 2.27. The van der Waals surface area contributed by atoms with Crippen LogP contribution in [0.3, 0.4) is 0 Å². The number of likely N-dealkylation sites (N-methyl/N-ethyl adjacent to an activating group) is 1. The smallest absolute Gasteiger partial charge is 0.183 e.